The van der Waals surface area contributed by atoms with Gasteiger partial charge in [0.1, 0.15) is 11.4 Å². The van der Waals surface area contributed by atoms with Gasteiger partial charge in [0.15, 0.2) is 0 Å². The van der Waals surface area contributed by atoms with E-state index in [1.807, 2.05) is 55.5 Å². The molecule has 1 aromatic heterocycles. The predicted molar refractivity (Wildman–Crippen MR) is 101 cm³/mol. The molecule has 0 bridgehead atoms. The van der Waals surface area contributed by atoms with E-state index in [-0.39, 0.29) is 5.91 Å². The van der Waals surface area contributed by atoms with Crippen molar-refractivity contribution >= 4 is 17.5 Å². The van der Waals surface area contributed by atoms with Crippen LogP contribution in [0.25, 0.3) is 0 Å². The Morgan fingerprint density at radius 2 is 1.77 bits per heavy atom. The Bertz CT molecular complexity index is 877. The van der Waals surface area contributed by atoms with Crippen molar-refractivity contribution in [1.82, 2.24) is 9.97 Å². The van der Waals surface area contributed by atoms with Crippen molar-refractivity contribution in [2.75, 3.05) is 17.7 Å². The molecule has 1 amide bonds. The van der Waals surface area contributed by atoms with Crippen LogP contribution in [-0.4, -0.2) is 23.0 Å². The molecule has 0 saturated heterocycles. The molecule has 26 heavy (non-hydrogen) atoms. The molecule has 0 saturated carbocycles. The SMILES string of the molecule is COc1ccc(CNc2nccc(C(=O)Nc3ccc(C)cc3)n2)cc1. The lowest BCUT2D eigenvalue weighted by Crippen LogP contribution is -2.15. The summed E-state index contributed by atoms with van der Waals surface area (Å²) in [5, 5.41) is 5.95. The van der Waals surface area contributed by atoms with Gasteiger partial charge in [-0.15, -0.1) is 0 Å². The second-order valence-corrected chi connectivity index (χ2v) is 5.79. The predicted octanol–water partition coefficient (Wildman–Crippen LogP) is 3.66. The van der Waals surface area contributed by atoms with Crippen LogP contribution in [0, 0.1) is 6.92 Å². The summed E-state index contributed by atoms with van der Waals surface area (Å²) < 4.78 is 5.14. The van der Waals surface area contributed by atoms with Crippen molar-refractivity contribution in [3.05, 3.63) is 77.6 Å². The number of rotatable bonds is 6. The van der Waals surface area contributed by atoms with Gasteiger partial charge in [-0.1, -0.05) is 29.8 Å². The van der Waals surface area contributed by atoms with E-state index in [4.69, 9.17) is 4.74 Å². The van der Waals surface area contributed by atoms with E-state index in [0.717, 1.165) is 22.6 Å². The van der Waals surface area contributed by atoms with Crippen LogP contribution in [0.5, 0.6) is 5.75 Å². The molecular formula is C20H20N4O2. The van der Waals surface area contributed by atoms with Gasteiger partial charge in [0, 0.05) is 18.4 Å². The zero-order chi connectivity index (χ0) is 18.4. The van der Waals surface area contributed by atoms with Gasteiger partial charge < -0.3 is 15.4 Å². The van der Waals surface area contributed by atoms with Gasteiger partial charge in [-0.2, -0.15) is 0 Å². The maximum Gasteiger partial charge on any atom is 0.274 e. The largest absolute Gasteiger partial charge is 0.497 e. The maximum absolute atomic E-state index is 12.4. The fourth-order valence-electron chi connectivity index (χ4n) is 2.33. The minimum absolute atomic E-state index is 0.274. The number of carbonyl (C=O) groups is 1. The normalized spacial score (nSPS) is 10.2. The lowest BCUT2D eigenvalue weighted by Gasteiger charge is -2.08. The minimum atomic E-state index is -0.274. The second kappa shape index (κ2) is 8.11. The molecule has 0 spiro atoms. The highest BCUT2D eigenvalue weighted by atomic mass is 16.5. The molecule has 1 heterocycles. The van der Waals surface area contributed by atoms with E-state index in [0.29, 0.717) is 18.2 Å². The summed E-state index contributed by atoms with van der Waals surface area (Å²) in [6, 6.07) is 16.9. The zero-order valence-electron chi connectivity index (χ0n) is 14.7. The summed E-state index contributed by atoms with van der Waals surface area (Å²) in [5.41, 5.74) is 3.23. The summed E-state index contributed by atoms with van der Waals surface area (Å²) in [5.74, 6) is 0.931. The molecule has 3 aromatic rings. The zero-order valence-corrected chi connectivity index (χ0v) is 14.7. The topological polar surface area (TPSA) is 76.1 Å². The Kier molecular flexibility index (Phi) is 5.43. The van der Waals surface area contributed by atoms with Crippen molar-refractivity contribution < 1.29 is 9.53 Å². The molecule has 132 valence electrons. The van der Waals surface area contributed by atoms with E-state index < -0.39 is 0 Å². The fourth-order valence-corrected chi connectivity index (χ4v) is 2.33. The first-order chi connectivity index (χ1) is 12.6. The first-order valence-electron chi connectivity index (χ1n) is 8.22. The van der Waals surface area contributed by atoms with Crippen LogP contribution in [0.1, 0.15) is 21.6 Å². The quantitative estimate of drug-likeness (QED) is 0.711. The molecule has 3 rings (SSSR count). The van der Waals surface area contributed by atoms with E-state index in [2.05, 4.69) is 20.6 Å². The van der Waals surface area contributed by atoms with Crippen molar-refractivity contribution in [2.45, 2.75) is 13.5 Å². The van der Waals surface area contributed by atoms with Crippen LogP contribution in [0.4, 0.5) is 11.6 Å². The number of hydrogen-bond donors (Lipinski definition) is 2. The molecule has 0 fully saturated rings. The van der Waals surface area contributed by atoms with E-state index in [1.54, 1.807) is 19.4 Å². The monoisotopic (exact) mass is 348 g/mol. The summed E-state index contributed by atoms with van der Waals surface area (Å²) in [7, 11) is 1.63. The number of nitrogens with one attached hydrogen (secondary N) is 2. The molecule has 2 aromatic carbocycles. The molecule has 6 nitrogen and oxygen atoms in total. The van der Waals surface area contributed by atoms with Crippen molar-refractivity contribution in [3.8, 4) is 5.75 Å². The van der Waals surface area contributed by atoms with Crippen LogP contribution in [0.3, 0.4) is 0 Å². The fraction of sp³-hybridized carbons (Fsp3) is 0.150. The highest BCUT2D eigenvalue weighted by Crippen LogP contribution is 2.13. The maximum atomic E-state index is 12.4. The van der Waals surface area contributed by atoms with Gasteiger partial charge >= 0.3 is 0 Å². The van der Waals surface area contributed by atoms with Gasteiger partial charge in [-0.05, 0) is 42.8 Å². The number of hydrogen-bond acceptors (Lipinski definition) is 5. The van der Waals surface area contributed by atoms with Crippen LogP contribution in [-0.2, 0) is 6.54 Å². The molecule has 0 aliphatic carbocycles. The van der Waals surface area contributed by atoms with E-state index in [9.17, 15) is 4.79 Å². The first kappa shape index (κ1) is 17.4. The number of nitrogens with zero attached hydrogens (tertiary/aromatic N) is 2. The third-order valence-electron chi connectivity index (χ3n) is 3.81. The summed E-state index contributed by atoms with van der Waals surface area (Å²) in [6.45, 7) is 2.55. The van der Waals surface area contributed by atoms with Gasteiger partial charge in [0.2, 0.25) is 5.95 Å². The van der Waals surface area contributed by atoms with Crippen molar-refractivity contribution in [1.29, 1.82) is 0 Å². The van der Waals surface area contributed by atoms with Crippen molar-refractivity contribution in [2.24, 2.45) is 0 Å². The Morgan fingerprint density at radius 1 is 1.04 bits per heavy atom. The average molecular weight is 348 g/mol. The van der Waals surface area contributed by atoms with Gasteiger partial charge in [0.05, 0.1) is 7.11 Å². The molecule has 0 radical (unpaired) electrons. The van der Waals surface area contributed by atoms with Crippen LogP contribution < -0.4 is 15.4 Å². The number of benzene rings is 2. The smallest absolute Gasteiger partial charge is 0.274 e. The molecule has 2 N–H and O–H groups in total. The minimum Gasteiger partial charge on any atom is -0.497 e. The number of aromatic nitrogens is 2. The lowest BCUT2D eigenvalue weighted by atomic mass is 10.2. The number of carbonyl (C=O) groups excluding carboxylic acids is 1. The molecule has 0 aliphatic rings. The second-order valence-electron chi connectivity index (χ2n) is 5.79. The number of aryl methyl sites for hydroxylation is 1. The summed E-state index contributed by atoms with van der Waals surface area (Å²) in [4.78, 5) is 20.8. The highest BCUT2D eigenvalue weighted by molar-refractivity contribution is 6.02. The van der Waals surface area contributed by atoms with E-state index in [1.165, 1.54) is 0 Å². The average Bonchev–Trinajstić information content (AvgIpc) is 2.69. The standard InChI is InChI=1S/C20H20N4O2/c1-14-3-7-16(8-4-14)23-19(25)18-11-12-21-20(24-18)22-13-15-5-9-17(26-2)10-6-15/h3-12H,13H2,1-2H3,(H,23,25)(H,21,22,24). The molecule has 6 heteroatoms. The number of amides is 1. The highest BCUT2D eigenvalue weighted by Gasteiger charge is 2.09. The Labute approximate surface area is 152 Å². The molecular weight excluding hydrogens is 328 g/mol. The summed E-state index contributed by atoms with van der Waals surface area (Å²) in [6.07, 6.45) is 1.56. The Morgan fingerprint density at radius 3 is 2.46 bits per heavy atom. The van der Waals surface area contributed by atoms with Gasteiger partial charge in [0.25, 0.3) is 5.91 Å². The third kappa shape index (κ3) is 4.57. The number of methoxy groups -OCH3 is 1. The lowest BCUT2D eigenvalue weighted by molar-refractivity contribution is 0.102. The Hall–Kier alpha value is -3.41. The van der Waals surface area contributed by atoms with E-state index >= 15 is 0 Å². The Balaban J connectivity index is 1.63. The number of anilines is 2. The van der Waals surface area contributed by atoms with Crippen LogP contribution in [0.2, 0.25) is 0 Å². The first-order valence-corrected chi connectivity index (χ1v) is 8.22. The third-order valence-corrected chi connectivity index (χ3v) is 3.81. The van der Waals surface area contributed by atoms with Gasteiger partial charge in [-0.3, -0.25) is 4.79 Å². The van der Waals surface area contributed by atoms with Gasteiger partial charge in [-0.25, -0.2) is 9.97 Å². The molecule has 0 atom stereocenters. The summed E-state index contributed by atoms with van der Waals surface area (Å²) >= 11 is 0. The molecule has 0 unspecified atom stereocenters. The van der Waals surface area contributed by atoms with Crippen LogP contribution in [0.15, 0.2) is 60.8 Å². The van der Waals surface area contributed by atoms with Crippen molar-refractivity contribution in [3.63, 3.8) is 0 Å². The van der Waals surface area contributed by atoms with Crippen LogP contribution >= 0.6 is 0 Å². The number of ether oxygens (including phenoxy) is 1. The molecule has 0 aliphatic heterocycles.